The molecule has 8 heteroatoms. The first kappa shape index (κ1) is 23.1. The van der Waals surface area contributed by atoms with Gasteiger partial charge in [-0.2, -0.15) is 0 Å². The summed E-state index contributed by atoms with van der Waals surface area (Å²) in [7, 11) is 0. The smallest absolute Gasteiger partial charge is 0.335 e. The number of carbonyl (C=O) groups is 3. The van der Waals surface area contributed by atoms with E-state index in [1.165, 1.54) is 5.56 Å². The zero-order chi connectivity index (χ0) is 22.3. The number of benzene rings is 2. The standard InChI is InChI=1S/C22H26N2O6/c1-3-13(2)15-7-9-16(10-8-15)20(25)24-17-6-4-5-14(11-17)12-30-19(22(28)29)18(23)21(26)27/h4-11,13,18-19H,3,12,23H2,1-2H3,(H,24,25)(H,26,27)(H,28,29)/t13?,18-,19-/m0/s1. The zero-order valence-electron chi connectivity index (χ0n) is 16.9. The molecule has 8 nitrogen and oxygen atoms in total. The Labute approximate surface area is 174 Å². The van der Waals surface area contributed by atoms with Crippen LogP contribution in [-0.2, 0) is 20.9 Å². The van der Waals surface area contributed by atoms with E-state index in [1.807, 2.05) is 12.1 Å². The van der Waals surface area contributed by atoms with E-state index in [4.69, 9.17) is 20.7 Å². The van der Waals surface area contributed by atoms with Crippen LogP contribution in [0.4, 0.5) is 5.69 Å². The molecule has 0 fully saturated rings. The van der Waals surface area contributed by atoms with Gasteiger partial charge in [0.1, 0.15) is 6.04 Å². The molecule has 5 N–H and O–H groups in total. The van der Waals surface area contributed by atoms with Crippen molar-refractivity contribution in [3.8, 4) is 0 Å². The summed E-state index contributed by atoms with van der Waals surface area (Å²) in [6.07, 6.45) is -0.676. The minimum absolute atomic E-state index is 0.175. The van der Waals surface area contributed by atoms with Crippen LogP contribution in [0.2, 0.25) is 0 Å². The van der Waals surface area contributed by atoms with Crippen LogP contribution in [0.5, 0.6) is 0 Å². The lowest BCUT2D eigenvalue weighted by Crippen LogP contribution is -2.47. The van der Waals surface area contributed by atoms with Crippen molar-refractivity contribution < 1.29 is 29.3 Å². The Hall–Kier alpha value is -3.23. The van der Waals surface area contributed by atoms with Crippen LogP contribution >= 0.6 is 0 Å². The van der Waals surface area contributed by atoms with Crippen molar-refractivity contribution in [2.75, 3.05) is 5.32 Å². The summed E-state index contributed by atoms with van der Waals surface area (Å²) in [5.74, 6) is -2.79. The van der Waals surface area contributed by atoms with Gasteiger partial charge < -0.3 is 26.0 Å². The first-order chi connectivity index (χ1) is 14.2. The van der Waals surface area contributed by atoms with Gasteiger partial charge in [0.05, 0.1) is 6.61 Å². The van der Waals surface area contributed by atoms with Gasteiger partial charge in [0.2, 0.25) is 0 Å². The molecule has 0 bridgehead atoms. The van der Waals surface area contributed by atoms with Crippen molar-refractivity contribution in [1.82, 2.24) is 0 Å². The molecule has 2 rings (SSSR count). The van der Waals surface area contributed by atoms with Gasteiger partial charge in [-0.15, -0.1) is 0 Å². The summed E-state index contributed by atoms with van der Waals surface area (Å²) in [5, 5.41) is 20.8. The van der Waals surface area contributed by atoms with Crippen molar-refractivity contribution >= 4 is 23.5 Å². The molecule has 0 aromatic heterocycles. The Bertz CT molecular complexity index is 897. The molecule has 0 heterocycles. The van der Waals surface area contributed by atoms with Crippen LogP contribution in [-0.4, -0.2) is 40.2 Å². The second-order valence-electron chi connectivity index (χ2n) is 7.02. The summed E-state index contributed by atoms with van der Waals surface area (Å²) in [5.41, 5.74) is 8.11. The first-order valence-electron chi connectivity index (χ1n) is 9.56. The van der Waals surface area contributed by atoms with Crippen molar-refractivity contribution in [3.05, 3.63) is 65.2 Å². The number of rotatable bonds is 10. The van der Waals surface area contributed by atoms with Crippen molar-refractivity contribution in [2.24, 2.45) is 5.73 Å². The van der Waals surface area contributed by atoms with Gasteiger partial charge in [-0.1, -0.05) is 38.1 Å². The summed E-state index contributed by atoms with van der Waals surface area (Å²) in [4.78, 5) is 34.6. The first-order valence-corrected chi connectivity index (χ1v) is 9.56. The topological polar surface area (TPSA) is 139 Å². The van der Waals surface area contributed by atoms with Crippen LogP contribution in [0.25, 0.3) is 0 Å². The average molecular weight is 414 g/mol. The molecule has 0 saturated carbocycles. The van der Waals surface area contributed by atoms with Crippen molar-refractivity contribution in [3.63, 3.8) is 0 Å². The lowest BCUT2D eigenvalue weighted by Gasteiger charge is -2.17. The summed E-state index contributed by atoms with van der Waals surface area (Å²) in [6.45, 7) is 4.06. The number of carboxylic acids is 2. The van der Waals surface area contributed by atoms with Crippen LogP contribution in [0.1, 0.15) is 47.7 Å². The fraction of sp³-hybridized carbons (Fsp3) is 0.318. The molecule has 1 unspecified atom stereocenters. The second-order valence-corrected chi connectivity index (χ2v) is 7.02. The second kappa shape index (κ2) is 10.5. The van der Waals surface area contributed by atoms with E-state index < -0.39 is 24.1 Å². The summed E-state index contributed by atoms with van der Waals surface area (Å²) in [6, 6.07) is 12.4. The predicted octanol–water partition coefficient (Wildman–Crippen LogP) is 2.83. The van der Waals surface area contributed by atoms with E-state index in [0.717, 1.165) is 6.42 Å². The SMILES string of the molecule is CCC(C)c1ccc(C(=O)Nc2cccc(CO[C@H](C(=O)O)[C@H](N)C(=O)O)c2)cc1. The maximum absolute atomic E-state index is 12.5. The highest BCUT2D eigenvalue weighted by atomic mass is 16.5. The molecule has 2 aromatic rings. The quantitative estimate of drug-likeness (QED) is 0.469. The number of carbonyl (C=O) groups excluding carboxylic acids is 1. The minimum atomic E-state index is -1.69. The number of nitrogens with one attached hydrogen (secondary N) is 1. The Morgan fingerprint density at radius 3 is 2.30 bits per heavy atom. The van der Waals surface area contributed by atoms with Gasteiger partial charge in [-0.3, -0.25) is 9.59 Å². The monoisotopic (exact) mass is 414 g/mol. The van der Waals surface area contributed by atoms with Crippen LogP contribution in [0, 0.1) is 0 Å². The number of nitrogens with two attached hydrogens (primary N) is 1. The fourth-order valence-electron chi connectivity index (χ4n) is 2.78. The van der Waals surface area contributed by atoms with Gasteiger partial charge in [0.15, 0.2) is 6.10 Å². The van der Waals surface area contributed by atoms with Crippen molar-refractivity contribution in [1.29, 1.82) is 0 Å². The minimum Gasteiger partial charge on any atom is -0.480 e. The van der Waals surface area contributed by atoms with Crippen LogP contribution in [0.3, 0.4) is 0 Å². The summed E-state index contributed by atoms with van der Waals surface area (Å²) < 4.78 is 5.19. The number of amides is 1. The molecule has 0 saturated heterocycles. The normalized spacial score (nSPS) is 13.8. The number of ether oxygens (including phenoxy) is 1. The number of anilines is 1. The highest BCUT2D eigenvalue weighted by molar-refractivity contribution is 6.04. The third-order valence-corrected chi connectivity index (χ3v) is 4.82. The van der Waals surface area contributed by atoms with E-state index in [9.17, 15) is 14.4 Å². The van der Waals surface area contributed by atoms with Crippen LogP contribution < -0.4 is 11.1 Å². The highest BCUT2D eigenvalue weighted by Gasteiger charge is 2.31. The van der Waals surface area contributed by atoms with E-state index >= 15 is 0 Å². The lowest BCUT2D eigenvalue weighted by molar-refractivity contribution is -0.159. The lowest BCUT2D eigenvalue weighted by atomic mass is 9.97. The zero-order valence-corrected chi connectivity index (χ0v) is 16.9. The highest BCUT2D eigenvalue weighted by Crippen LogP contribution is 2.20. The van der Waals surface area contributed by atoms with Gasteiger partial charge in [-0.05, 0) is 47.7 Å². The average Bonchev–Trinajstić information content (AvgIpc) is 2.73. The van der Waals surface area contributed by atoms with Crippen molar-refractivity contribution in [2.45, 2.75) is 44.9 Å². The van der Waals surface area contributed by atoms with E-state index in [1.54, 1.807) is 36.4 Å². The maximum atomic E-state index is 12.5. The Morgan fingerprint density at radius 2 is 1.73 bits per heavy atom. The molecule has 0 spiro atoms. The van der Waals surface area contributed by atoms with E-state index in [2.05, 4.69) is 19.2 Å². The molecule has 0 radical (unpaired) electrons. The Balaban J connectivity index is 2.03. The van der Waals surface area contributed by atoms with Gasteiger partial charge >= 0.3 is 11.9 Å². The fourth-order valence-corrected chi connectivity index (χ4v) is 2.78. The number of hydrogen-bond acceptors (Lipinski definition) is 5. The third-order valence-electron chi connectivity index (χ3n) is 4.82. The number of hydrogen-bond donors (Lipinski definition) is 4. The van der Waals surface area contributed by atoms with Gasteiger partial charge in [0, 0.05) is 11.3 Å². The van der Waals surface area contributed by atoms with Crippen LogP contribution in [0.15, 0.2) is 48.5 Å². The van der Waals surface area contributed by atoms with Gasteiger partial charge in [-0.25, -0.2) is 4.79 Å². The molecule has 1 amide bonds. The predicted molar refractivity (Wildman–Crippen MR) is 111 cm³/mol. The Morgan fingerprint density at radius 1 is 1.07 bits per heavy atom. The molecule has 0 aliphatic rings. The summed E-state index contributed by atoms with van der Waals surface area (Å²) >= 11 is 0. The molecule has 0 aliphatic carbocycles. The molecule has 0 aliphatic heterocycles. The molecule has 160 valence electrons. The molecule has 2 aromatic carbocycles. The molecular weight excluding hydrogens is 388 g/mol. The molecule has 30 heavy (non-hydrogen) atoms. The third kappa shape index (κ3) is 6.13. The number of carboxylic acid groups (broad SMARTS) is 2. The largest absolute Gasteiger partial charge is 0.480 e. The maximum Gasteiger partial charge on any atom is 0.335 e. The van der Waals surface area contributed by atoms with Gasteiger partial charge in [0.25, 0.3) is 5.91 Å². The Kier molecular flexibility index (Phi) is 8.08. The van der Waals surface area contributed by atoms with E-state index in [0.29, 0.717) is 22.7 Å². The van der Waals surface area contributed by atoms with E-state index in [-0.39, 0.29) is 12.5 Å². The molecular formula is C22H26N2O6. The molecule has 3 atom stereocenters. The number of aliphatic carboxylic acids is 2.